The second-order valence-electron chi connectivity index (χ2n) is 8.00. The highest BCUT2D eigenvalue weighted by Gasteiger charge is 2.36. The quantitative estimate of drug-likeness (QED) is 0.426. The average molecular weight is 425 g/mol. The smallest absolute Gasteiger partial charge is 0.275 e. The van der Waals surface area contributed by atoms with Gasteiger partial charge < -0.3 is 19.9 Å². The molecule has 0 aliphatic carbocycles. The van der Waals surface area contributed by atoms with Crippen molar-refractivity contribution in [2.45, 2.75) is 56.2 Å². The fourth-order valence-corrected chi connectivity index (χ4v) is 7.68. The van der Waals surface area contributed by atoms with Crippen molar-refractivity contribution in [1.29, 1.82) is 0 Å². The summed E-state index contributed by atoms with van der Waals surface area (Å²) in [6, 6.07) is 3.12. The molecule has 4 rings (SSSR count). The van der Waals surface area contributed by atoms with Gasteiger partial charge in [0.15, 0.2) is 0 Å². The Balaban J connectivity index is 1.35. The van der Waals surface area contributed by atoms with Gasteiger partial charge in [-0.05, 0) is 43.7 Å². The van der Waals surface area contributed by atoms with E-state index in [-0.39, 0.29) is 28.7 Å². The van der Waals surface area contributed by atoms with Gasteiger partial charge in [0, 0.05) is 48.7 Å². The van der Waals surface area contributed by atoms with E-state index in [0.29, 0.717) is 26.1 Å². The first-order valence-electron chi connectivity index (χ1n) is 9.99. The summed E-state index contributed by atoms with van der Waals surface area (Å²) < 4.78 is 1.61. The number of rotatable bonds is 6. The maximum absolute atomic E-state index is 12.7. The molecule has 1 amide bonds. The number of fused-ring (bicyclic) bond motifs is 4. The van der Waals surface area contributed by atoms with Gasteiger partial charge in [0.1, 0.15) is 5.69 Å². The number of amides is 1. The molecule has 3 atom stereocenters. The first-order chi connectivity index (χ1) is 13.5. The lowest BCUT2D eigenvalue weighted by Gasteiger charge is -2.43. The predicted molar refractivity (Wildman–Crippen MR) is 113 cm³/mol. The number of anilines is 1. The summed E-state index contributed by atoms with van der Waals surface area (Å²) in [6.45, 7) is 1.79. The molecule has 0 aromatic carbocycles. The number of hydrogen-bond acceptors (Lipinski definition) is 7. The molecule has 2 bridgehead atoms. The molecule has 7 nitrogen and oxygen atoms in total. The normalized spacial score (nSPS) is 26.2. The Morgan fingerprint density at radius 2 is 2.14 bits per heavy atom. The number of piperidine rings is 1. The first kappa shape index (κ1) is 20.1. The summed E-state index contributed by atoms with van der Waals surface area (Å²) in [5.41, 5.74) is 0.156. The lowest BCUT2D eigenvalue weighted by Crippen LogP contribution is -2.49. The maximum Gasteiger partial charge on any atom is 0.275 e. The molecule has 2 saturated heterocycles. The molecule has 1 aromatic rings. The van der Waals surface area contributed by atoms with Crippen molar-refractivity contribution in [3.05, 3.63) is 33.4 Å². The zero-order valence-corrected chi connectivity index (χ0v) is 17.4. The van der Waals surface area contributed by atoms with Crippen molar-refractivity contribution in [2.75, 3.05) is 24.1 Å². The molecule has 2 fully saturated rings. The number of hydrogen-bond donors (Lipinski definition) is 1. The Labute approximate surface area is 172 Å². The summed E-state index contributed by atoms with van der Waals surface area (Å²) in [6.07, 6.45) is 6.11. The van der Waals surface area contributed by atoms with Gasteiger partial charge in [-0.25, -0.2) is 0 Å². The Kier molecular flexibility index (Phi) is 6.24. The predicted octanol–water partition coefficient (Wildman–Crippen LogP) is 3.20. The van der Waals surface area contributed by atoms with Crippen LogP contribution in [0.4, 0.5) is 5.69 Å². The minimum absolute atomic E-state index is 0.115. The van der Waals surface area contributed by atoms with Crippen molar-refractivity contribution in [1.82, 2.24) is 9.47 Å². The molecule has 3 aliphatic heterocycles. The highest BCUT2D eigenvalue weighted by atomic mass is 33.1. The third-order valence-electron chi connectivity index (χ3n) is 6.04. The van der Waals surface area contributed by atoms with Crippen molar-refractivity contribution in [3.8, 4) is 0 Å². The first-order valence-corrected chi connectivity index (χ1v) is 12.4. The third kappa shape index (κ3) is 4.22. The minimum atomic E-state index is -0.451. The van der Waals surface area contributed by atoms with E-state index >= 15 is 0 Å². The molecule has 28 heavy (non-hydrogen) atoms. The number of pyridine rings is 1. The van der Waals surface area contributed by atoms with E-state index in [1.165, 1.54) is 24.7 Å². The maximum atomic E-state index is 12.7. The van der Waals surface area contributed by atoms with Crippen molar-refractivity contribution in [3.63, 3.8) is 0 Å². The highest BCUT2D eigenvalue weighted by Crippen LogP contribution is 2.40. The zero-order chi connectivity index (χ0) is 19.7. The lowest BCUT2D eigenvalue weighted by atomic mass is 9.83. The van der Waals surface area contributed by atoms with Gasteiger partial charge in [-0.2, -0.15) is 0 Å². The standard InChI is InChI=1S/C19H26N3O4S2/c23-18(4-2-1-3-15-7-8-27-28-15)20-10-13-9-14(12-20)16-5-6-17(22(25)26)19(24)21(16)11-13/h5-6,13-15,25H,1-4,7-12H2/q-1/t13-,14-,15?/m0/s1. The highest BCUT2D eigenvalue weighted by molar-refractivity contribution is 8.77. The van der Waals surface area contributed by atoms with E-state index < -0.39 is 5.56 Å². The van der Waals surface area contributed by atoms with Crippen molar-refractivity contribution < 1.29 is 10.0 Å². The molecule has 0 radical (unpaired) electrons. The van der Waals surface area contributed by atoms with Gasteiger partial charge in [0.25, 0.3) is 5.56 Å². The average Bonchev–Trinajstić information content (AvgIpc) is 3.19. The second kappa shape index (κ2) is 8.69. The topological polar surface area (TPSA) is 88.8 Å². The van der Waals surface area contributed by atoms with E-state index in [0.717, 1.165) is 30.2 Å². The van der Waals surface area contributed by atoms with Crippen LogP contribution >= 0.6 is 21.6 Å². The van der Waals surface area contributed by atoms with Gasteiger partial charge in [-0.15, -0.1) is 0 Å². The van der Waals surface area contributed by atoms with E-state index in [2.05, 4.69) is 0 Å². The number of carbonyl (C=O) groups is 1. The van der Waals surface area contributed by atoms with Crippen molar-refractivity contribution in [2.24, 2.45) is 5.92 Å². The number of carbonyl (C=O) groups excluding carboxylic acids is 1. The van der Waals surface area contributed by atoms with Crippen LogP contribution in [-0.2, 0) is 11.3 Å². The number of nitrogens with zero attached hydrogens (tertiary/aromatic N) is 3. The number of aromatic nitrogens is 1. The minimum Gasteiger partial charge on any atom is -0.733 e. The van der Waals surface area contributed by atoms with Crippen LogP contribution in [0.1, 0.15) is 50.1 Å². The number of likely N-dealkylation sites (tertiary alicyclic amines) is 1. The van der Waals surface area contributed by atoms with Gasteiger partial charge in [-0.1, -0.05) is 28.0 Å². The third-order valence-corrected chi connectivity index (χ3v) is 9.04. The molecule has 9 heteroatoms. The molecule has 1 unspecified atom stereocenters. The molecule has 0 saturated carbocycles. The largest absolute Gasteiger partial charge is 0.733 e. The van der Waals surface area contributed by atoms with E-state index in [9.17, 15) is 14.8 Å². The fourth-order valence-electron chi connectivity index (χ4n) is 4.65. The molecule has 3 aliphatic rings. The van der Waals surface area contributed by atoms with Gasteiger partial charge >= 0.3 is 0 Å². The van der Waals surface area contributed by atoms with Gasteiger partial charge in [-0.3, -0.25) is 14.8 Å². The summed E-state index contributed by atoms with van der Waals surface area (Å²) in [7, 11) is 3.95. The van der Waals surface area contributed by atoms with Crippen LogP contribution in [0.3, 0.4) is 0 Å². The van der Waals surface area contributed by atoms with Gasteiger partial charge in [0.05, 0.1) is 0 Å². The van der Waals surface area contributed by atoms with Crippen LogP contribution in [0.5, 0.6) is 0 Å². The lowest BCUT2D eigenvalue weighted by molar-refractivity contribution is -0.134. The van der Waals surface area contributed by atoms with Gasteiger partial charge in [0.2, 0.25) is 5.91 Å². The molecular formula is C19H26N3O4S2-. The second-order valence-corrected chi connectivity index (χ2v) is 10.8. The molecule has 0 spiro atoms. The Hall–Kier alpha value is -1.16. The fraction of sp³-hybridized carbons (Fsp3) is 0.684. The van der Waals surface area contributed by atoms with Crippen LogP contribution in [0.25, 0.3) is 0 Å². The zero-order valence-electron chi connectivity index (χ0n) is 15.8. The van der Waals surface area contributed by atoms with Crippen LogP contribution < -0.4 is 10.8 Å². The Morgan fingerprint density at radius 1 is 1.29 bits per heavy atom. The van der Waals surface area contributed by atoms with Crippen LogP contribution in [-0.4, -0.2) is 44.7 Å². The summed E-state index contributed by atoms with van der Waals surface area (Å²) >= 11 is 0. The van der Waals surface area contributed by atoms with E-state index in [1.807, 2.05) is 26.5 Å². The van der Waals surface area contributed by atoms with Crippen molar-refractivity contribution >= 4 is 33.2 Å². The van der Waals surface area contributed by atoms with Crippen LogP contribution in [0, 0.1) is 11.1 Å². The molecule has 4 heterocycles. The Bertz CT molecular complexity index is 779. The summed E-state index contributed by atoms with van der Waals surface area (Å²) in [4.78, 5) is 27.1. The monoisotopic (exact) mass is 424 g/mol. The summed E-state index contributed by atoms with van der Waals surface area (Å²) in [5, 5.41) is 20.7. The van der Waals surface area contributed by atoms with Crippen LogP contribution in [0.2, 0.25) is 0 Å². The van der Waals surface area contributed by atoms with E-state index in [1.54, 1.807) is 10.6 Å². The molecule has 1 aromatic heterocycles. The number of unbranched alkanes of at least 4 members (excludes halogenated alkanes) is 1. The molecule has 1 N–H and O–H groups in total. The Morgan fingerprint density at radius 3 is 2.89 bits per heavy atom. The molecule has 154 valence electrons. The molecular weight excluding hydrogens is 398 g/mol. The van der Waals surface area contributed by atoms with Crippen LogP contribution in [0.15, 0.2) is 16.9 Å². The van der Waals surface area contributed by atoms with E-state index in [4.69, 9.17) is 5.21 Å². The SMILES string of the molecule is O=C(CCCCC1CCSS1)N1C[C@@H]2C[C@@H](C1)c1ccc(N([O-])O)c(=O)n1C2. The summed E-state index contributed by atoms with van der Waals surface area (Å²) in [5.74, 6) is 1.80.